The number of anilines is 1. The number of hydrogen-bond acceptors (Lipinski definition) is 7. The van der Waals surface area contributed by atoms with E-state index in [4.69, 9.17) is 11.6 Å². The molecular formula is C20H20ClN3O5S3. The predicted octanol–water partition coefficient (Wildman–Crippen LogP) is 3.39. The summed E-state index contributed by atoms with van der Waals surface area (Å²) >= 11 is 7.31. The molecule has 170 valence electrons. The Labute approximate surface area is 195 Å². The average molecular weight is 514 g/mol. The Kier molecular flexibility index (Phi) is 6.29. The topological polar surface area (TPSA) is 114 Å². The van der Waals surface area contributed by atoms with E-state index in [1.807, 2.05) is 0 Å². The van der Waals surface area contributed by atoms with Crippen molar-refractivity contribution < 1.29 is 21.6 Å². The minimum atomic E-state index is -4.01. The number of sulfone groups is 1. The molecule has 3 aromatic rings. The van der Waals surface area contributed by atoms with Crippen molar-refractivity contribution in [3.05, 3.63) is 47.5 Å². The monoisotopic (exact) mass is 513 g/mol. The second kappa shape index (κ2) is 8.71. The highest BCUT2D eigenvalue weighted by atomic mass is 35.5. The van der Waals surface area contributed by atoms with Gasteiger partial charge in [-0.15, -0.1) is 0 Å². The van der Waals surface area contributed by atoms with Gasteiger partial charge >= 0.3 is 0 Å². The van der Waals surface area contributed by atoms with E-state index in [0.717, 1.165) is 16.5 Å². The van der Waals surface area contributed by atoms with Crippen molar-refractivity contribution in [2.45, 2.75) is 22.6 Å². The summed E-state index contributed by atoms with van der Waals surface area (Å²) in [6.45, 7) is 0.238. The van der Waals surface area contributed by atoms with Gasteiger partial charge in [-0.25, -0.2) is 21.8 Å². The zero-order valence-corrected chi connectivity index (χ0v) is 20.2. The third-order valence-electron chi connectivity index (χ3n) is 5.27. The van der Waals surface area contributed by atoms with E-state index < -0.39 is 19.9 Å². The maximum Gasteiger partial charge on any atom is 0.244 e. The molecule has 2 aromatic carbocycles. The molecule has 1 N–H and O–H groups in total. The summed E-state index contributed by atoms with van der Waals surface area (Å²) in [6.07, 6.45) is 1.62. The second-order valence-corrected chi connectivity index (χ2v) is 12.9. The Hall–Kier alpha value is -2.05. The van der Waals surface area contributed by atoms with Gasteiger partial charge in [0.1, 0.15) is 4.90 Å². The van der Waals surface area contributed by atoms with Crippen LogP contribution in [0.5, 0.6) is 0 Å². The second-order valence-electron chi connectivity index (χ2n) is 7.52. The molecular weight excluding hydrogens is 494 g/mol. The molecule has 1 aromatic heterocycles. The number of piperidine rings is 1. The fourth-order valence-electron chi connectivity index (χ4n) is 3.63. The molecule has 0 atom stereocenters. The summed E-state index contributed by atoms with van der Waals surface area (Å²) in [5, 5.41) is 3.86. The lowest BCUT2D eigenvalue weighted by Crippen LogP contribution is -2.41. The van der Waals surface area contributed by atoms with Crippen LogP contribution in [0.15, 0.2) is 52.3 Å². The maximum atomic E-state index is 13.1. The van der Waals surface area contributed by atoms with Crippen molar-refractivity contribution in [2.75, 3.05) is 24.7 Å². The third kappa shape index (κ3) is 4.67. The smallest absolute Gasteiger partial charge is 0.244 e. The highest BCUT2D eigenvalue weighted by molar-refractivity contribution is 7.93. The van der Waals surface area contributed by atoms with Crippen molar-refractivity contribution in [3.8, 4) is 0 Å². The molecule has 12 heteroatoms. The molecule has 1 saturated heterocycles. The number of sulfonamides is 1. The summed E-state index contributed by atoms with van der Waals surface area (Å²) in [6, 6.07) is 10.9. The molecule has 32 heavy (non-hydrogen) atoms. The Morgan fingerprint density at radius 1 is 1.09 bits per heavy atom. The average Bonchev–Trinajstić information content (AvgIpc) is 3.14. The number of nitrogens with one attached hydrogen (secondary N) is 1. The van der Waals surface area contributed by atoms with Crippen LogP contribution in [-0.2, 0) is 24.7 Å². The first kappa shape index (κ1) is 23.1. The molecule has 0 unspecified atom stereocenters. The summed E-state index contributed by atoms with van der Waals surface area (Å²) in [7, 11) is -7.72. The fourth-order valence-corrected chi connectivity index (χ4v) is 7.84. The Morgan fingerprint density at radius 3 is 2.41 bits per heavy atom. The number of benzene rings is 2. The molecule has 0 saturated carbocycles. The van der Waals surface area contributed by atoms with Gasteiger partial charge in [-0.1, -0.05) is 35.1 Å². The predicted molar refractivity (Wildman–Crippen MR) is 124 cm³/mol. The Balaban J connectivity index is 1.45. The largest absolute Gasteiger partial charge is 0.302 e. The molecule has 8 nitrogen and oxygen atoms in total. The summed E-state index contributed by atoms with van der Waals surface area (Å²) in [4.78, 5) is 16.6. The molecule has 4 rings (SSSR count). The minimum Gasteiger partial charge on any atom is -0.302 e. The quantitative estimate of drug-likeness (QED) is 0.559. The van der Waals surface area contributed by atoms with Crippen molar-refractivity contribution in [2.24, 2.45) is 5.92 Å². The Bertz CT molecular complexity index is 1390. The normalized spacial score (nSPS) is 16.3. The van der Waals surface area contributed by atoms with Gasteiger partial charge in [0, 0.05) is 30.3 Å². The van der Waals surface area contributed by atoms with E-state index in [9.17, 15) is 21.6 Å². The number of aromatic nitrogens is 1. The third-order valence-corrected chi connectivity index (χ3v) is 9.68. The number of rotatable bonds is 5. The molecule has 0 bridgehead atoms. The fraction of sp³-hybridized carbons (Fsp3) is 0.300. The van der Waals surface area contributed by atoms with Crippen LogP contribution in [-0.4, -0.2) is 51.4 Å². The van der Waals surface area contributed by atoms with Crippen molar-refractivity contribution in [3.63, 3.8) is 0 Å². The van der Waals surface area contributed by atoms with Crippen molar-refractivity contribution >= 4 is 64.1 Å². The minimum absolute atomic E-state index is 0.119. The van der Waals surface area contributed by atoms with Crippen LogP contribution in [0.4, 0.5) is 5.13 Å². The highest BCUT2D eigenvalue weighted by Crippen LogP contribution is 2.31. The van der Waals surface area contributed by atoms with E-state index in [2.05, 4.69) is 10.3 Å². The molecule has 0 radical (unpaired) electrons. The number of carbonyl (C=O) groups is 1. The van der Waals surface area contributed by atoms with Gasteiger partial charge in [-0.3, -0.25) is 4.79 Å². The first-order valence-corrected chi connectivity index (χ1v) is 14.2. The van der Waals surface area contributed by atoms with Gasteiger partial charge in [-0.2, -0.15) is 4.31 Å². The van der Waals surface area contributed by atoms with E-state index in [1.165, 1.54) is 39.9 Å². The summed E-state index contributed by atoms with van der Waals surface area (Å²) in [5.74, 6) is -0.592. The standard InChI is InChI=1S/C20H20ClN3O5S3/c1-31(26,27)17-4-2-3-5-18(17)32(28,29)24-10-8-13(9-11-24)19(25)23-20-22-15-7-6-14(21)12-16(15)30-20/h2-7,12-13H,8-11H2,1H3,(H,22,23,25). The zero-order valence-electron chi connectivity index (χ0n) is 17.0. The summed E-state index contributed by atoms with van der Waals surface area (Å²) in [5.41, 5.74) is 0.736. The van der Waals surface area contributed by atoms with Gasteiger partial charge in [-0.05, 0) is 43.2 Å². The number of carbonyl (C=O) groups excluding carboxylic acids is 1. The van der Waals surface area contributed by atoms with Gasteiger partial charge in [0.25, 0.3) is 0 Å². The number of fused-ring (bicyclic) bond motifs is 1. The number of nitrogens with zero attached hydrogens (tertiary/aromatic N) is 2. The number of hydrogen-bond donors (Lipinski definition) is 1. The van der Waals surface area contributed by atoms with E-state index >= 15 is 0 Å². The number of halogens is 1. The number of thiazole rings is 1. The van der Waals surface area contributed by atoms with Crippen LogP contribution < -0.4 is 5.32 Å². The molecule has 1 amide bonds. The Morgan fingerprint density at radius 2 is 1.75 bits per heavy atom. The molecule has 1 aliphatic rings. The van der Waals surface area contributed by atoms with E-state index in [1.54, 1.807) is 18.2 Å². The molecule has 0 spiro atoms. The van der Waals surface area contributed by atoms with E-state index in [-0.39, 0.29) is 34.7 Å². The first-order chi connectivity index (χ1) is 15.1. The zero-order chi connectivity index (χ0) is 23.1. The van der Waals surface area contributed by atoms with Crippen molar-refractivity contribution in [1.29, 1.82) is 0 Å². The summed E-state index contributed by atoms with van der Waals surface area (Å²) < 4.78 is 52.3. The van der Waals surface area contributed by atoms with Crippen molar-refractivity contribution in [1.82, 2.24) is 9.29 Å². The van der Waals surface area contributed by atoms with Crippen LogP contribution >= 0.6 is 22.9 Å². The van der Waals surface area contributed by atoms with Gasteiger partial charge in [0.15, 0.2) is 15.0 Å². The molecule has 1 aliphatic heterocycles. The maximum absolute atomic E-state index is 13.1. The first-order valence-electron chi connectivity index (χ1n) is 9.72. The van der Waals surface area contributed by atoms with Crippen LogP contribution in [0.3, 0.4) is 0 Å². The highest BCUT2D eigenvalue weighted by Gasteiger charge is 2.34. The van der Waals surface area contributed by atoms with Crippen LogP contribution in [0.2, 0.25) is 5.02 Å². The van der Waals surface area contributed by atoms with Gasteiger partial charge < -0.3 is 5.32 Å². The van der Waals surface area contributed by atoms with Crippen LogP contribution in [0.25, 0.3) is 10.2 Å². The lowest BCUT2D eigenvalue weighted by Gasteiger charge is -2.30. The molecule has 0 aliphatic carbocycles. The number of amides is 1. The van der Waals surface area contributed by atoms with Gasteiger partial charge in [0.05, 0.1) is 15.1 Å². The SMILES string of the molecule is CS(=O)(=O)c1ccccc1S(=O)(=O)N1CCC(C(=O)Nc2nc3ccc(Cl)cc3s2)CC1. The lowest BCUT2D eigenvalue weighted by atomic mass is 9.97. The van der Waals surface area contributed by atoms with Gasteiger partial charge in [0.2, 0.25) is 15.9 Å². The molecule has 2 heterocycles. The van der Waals surface area contributed by atoms with Crippen LogP contribution in [0, 0.1) is 5.92 Å². The van der Waals surface area contributed by atoms with Crippen LogP contribution in [0.1, 0.15) is 12.8 Å². The van der Waals surface area contributed by atoms with E-state index in [0.29, 0.717) is 23.0 Å². The lowest BCUT2D eigenvalue weighted by molar-refractivity contribution is -0.120. The molecule has 1 fully saturated rings.